The molecular formula is C31H42O9. The van der Waals surface area contributed by atoms with Crippen LogP contribution < -0.4 is 0 Å². The van der Waals surface area contributed by atoms with Crippen molar-refractivity contribution >= 4 is 18.1 Å². The Hall–Kier alpha value is -3.43. The molecule has 2 atom stereocenters. The van der Waals surface area contributed by atoms with Gasteiger partial charge in [-0.3, -0.25) is 9.78 Å². The maximum absolute atomic E-state index is 12.5. The fourth-order valence-electron chi connectivity index (χ4n) is 3.41. The van der Waals surface area contributed by atoms with Gasteiger partial charge < -0.3 is 9.47 Å². The van der Waals surface area contributed by atoms with Crippen molar-refractivity contribution in [2.75, 3.05) is 0 Å². The molecule has 0 saturated heterocycles. The Kier molecular flexibility index (Phi) is 14.2. The summed E-state index contributed by atoms with van der Waals surface area (Å²) < 4.78 is 10.4. The van der Waals surface area contributed by atoms with Crippen molar-refractivity contribution in [2.45, 2.75) is 92.6 Å². The molecule has 0 heterocycles. The molecule has 220 valence electrons. The molecule has 0 spiro atoms. The topological polar surface area (TPSA) is 107 Å². The van der Waals surface area contributed by atoms with Gasteiger partial charge in [0, 0.05) is 11.8 Å². The molecule has 0 saturated carbocycles. The summed E-state index contributed by atoms with van der Waals surface area (Å²) in [7, 11) is 0. The summed E-state index contributed by atoms with van der Waals surface area (Å²) in [6.07, 6.45) is 2.51. The molecule has 0 aliphatic carbocycles. The molecule has 2 aromatic carbocycles. The summed E-state index contributed by atoms with van der Waals surface area (Å²) in [6, 6.07) is 14.1. The molecule has 0 aliphatic rings. The van der Waals surface area contributed by atoms with Crippen molar-refractivity contribution in [2.24, 2.45) is 11.8 Å². The zero-order valence-corrected chi connectivity index (χ0v) is 24.3. The second kappa shape index (κ2) is 17.3. The van der Waals surface area contributed by atoms with Gasteiger partial charge in [-0.05, 0) is 61.1 Å². The van der Waals surface area contributed by atoms with Gasteiger partial charge >= 0.3 is 18.1 Å². The third kappa shape index (κ3) is 11.4. The second-order valence-corrected chi connectivity index (χ2v) is 10.2. The van der Waals surface area contributed by atoms with Crippen molar-refractivity contribution in [3.63, 3.8) is 0 Å². The zero-order chi connectivity index (χ0) is 29.5. The minimum absolute atomic E-state index is 0.302. The smallest absolute Gasteiger partial charge is 0.400 e. The summed E-state index contributed by atoms with van der Waals surface area (Å²) in [5.41, 5.74) is 2.85. The van der Waals surface area contributed by atoms with Crippen molar-refractivity contribution in [3.8, 4) is 0 Å². The van der Waals surface area contributed by atoms with E-state index in [1.165, 1.54) is 0 Å². The fourth-order valence-corrected chi connectivity index (χ4v) is 3.41. The van der Waals surface area contributed by atoms with Crippen molar-refractivity contribution in [1.29, 1.82) is 0 Å². The van der Waals surface area contributed by atoms with E-state index in [-0.39, 0.29) is 11.8 Å². The van der Waals surface area contributed by atoms with Crippen LogP contribution in [-0.4, -0.2) is 30.7 Å². The van der Waals surface area contributed by atoms with Gasteiger partial charge in [-0.25, -0.2) is 14.4 Å². The normalized spacial score (nSPS) is 12.6. The first-order chi connectivity index (χ1) is 19.1. The van der Waals surface area contributed by atoms with E-state index in [0.29, 0.717) is 11.1 Å². The Balaban J connectivity index is 1.86. The van der Waals surface area contributed by atoms with E-state index in [9.17, 15) is 14.4 Å². The SMILES string of the molecule is CCCCc1ccc(C(=O)OOC(OC(=O)OC(OOC(=O)c2ccc(CCCC)cc2)C(C)C)C(C)C)cc1. The average molecular weight is 559 g/mol. The van der Waals surface area contributed by atoms with Crippen LogP contribution in [0.4, 0.5) is 4.79 Å². The van der Waals surface area contributed by atoms with E-state index in [4.69, 9.17) is 29.0 Å². The van der Waals surface area contributed by atoms with Gasteiger partial charge in [-0.2, -0.15) is 0 Å². The van der Waals surface area contributed by atoms with E-state index in [1.54, 1.807) is 52.0 Å². The number of carbonyl (C=O) groups is 3. The molecule has 0 bridgehead atoms. The molecule has 0 N–H and O–H groups in total. The van der Waals surface area contributed by atoms with E-state index < -0.39 is 30.7 Å². The number of hydrogen-bond acceptors (Lipinski definition) is 9. The van der Waals surface area contributed by atoms with Gasteiger partial charge in [0.2, 0.25) is 0 Å². The lowest BCUT2D eigenvalue weighted by molar-refractivity contribution is -0.357. The largest absolute Gasteiger partial charge is 0.513 e. The van der Waals surface area contributed by atoms with Crippen LogP contribution in [0.3, 0.4) is 0 Å². The molecule has 0 radical (unpaired) electrons. The number of benzene rings is 2. The maximum Gasteiger partial charge on any atom is 0.513 e. The Morgan fingerprint density at radius 2 is 0.950 bits per heavy atom. The third-order valence-corrected chi connectivity index (χ3v) is 5.97. The van der Waals surface area contributed by atoms with Crippen LogP contribution in [0.2, 0.25) is 0 Å². The number of rotatable bonds is 16. The quantitative estimate of drug-likeness (QED) is 0.0903. The highest BCUT2D eigenvalue weighted by Gasteiger charge is 2.28. The number of ether oxygens (including phenoxy) is 2. The fraction of sp³-hybridized carbons (Fsp3) is 0.516. The summed E-state index contributed by atoms with van der Waals surface area (Å²) in [5, 5.41) is 0. The molecule has 0 aromatic heterocycles. The van der Waals surface area contributed by atoms with Gasteiger partial charge in [-0.15, -0.1) is 9.78 Å². The van der Waals surface area contributed by atoms with Crippen LogP contribution in [0.15, 0.2) is 48.5 Å². The van der Waals surface area contributed by atoms with Crippen LogP contribution in [0, 0.1) is 11.8 Å². The van der Waals surface area contributed by atoms with Gasteiger partial charge in [0.15, 0.2) is 0 Å². The van der Waals surface area contributed by atoms with E-state index in [2.05, 4.69) is 13.8 Å². The molecule has 2 unspecified atom stereocenters. The predicted octanol–water partition coefficient (Wildman–Crippen LogP) is 7.37. The highest BCUT2D eigenvalue weighted by Crippen LogP contribution is 2.17. The van der Waals surface area contributed by atoms with Crippen LogP contribution in [0.5, 0.6) is 0 Å². The van der Waals surface area contributed by atoms with Crippen LogP contribution in [0.25, 0.3) is 0 Å². The predicted molar refractivity (Wildman–Crippen MR) is 148 cm³/mol. The Morgan fingerprint density at radius 1 is 0.600 bits per heavy atom. The standard InChI is InChI=1S/C31H42O9/c1-7-9-11-23-13-17-25(18-14-23)27(32)37-39-29(21(3)4)35-31(34)36-30(22(5)6)40-38-28(33)26-19-15-24(16-20-26)12-10-8-2/h13-22,29-30H,7-12H2,1-6H3. The molecule has 0 amide bonds. The summed E-state index contributed by atoms with van der Waals surface area (Å²) in [6.45, 7) is 11.1. The molecule has 0 aliphatic heterocycles. The van der Waals surface area contributed by atoms with E-state index in [1.807, 2.05) is 24.3 Å². The number of hydrogen-bond donors (Lipinski definition) is 0. The highest BCUT2D eigenvalue weighted by atomic mass is 17.2. The van der Waals surface area contributed by atoms with Crippen molar-refractivity contribution < 1.29 is 43.4 Å². The lowest BCUT2D eigenvalue weighted by Gasteiger charge is -2.23. The van der Waals surface area contributed by atoms with Crippen molar-refractivity contribution in [3.05, 3.63) is 70.8 Å². The second-order valence-electron chi connectivity index (χ2n) is 10.2. The van der Waals surface area contributed by atoms with Gasteiger partial charge in [0.25, 0.3) is 12.6 Å². The lowest BCUT2D eigenvalue weighted by Crippen LogP contribution is -2.33. The lowest BCUT2D eigenvalue weighted by atomic mass is 10.1. The van der Waals surface area contributed by atoms with E-state index in [0.717, 1.165) is 49.7 Å². The zero-order valence-electron chi connectivity index (χ0n) is 24.3. The maximum atomic E-state index is 12.5. The third-order valence-electron chi connectivity index (χ3n) is 5.97. The minimum atomic E-state index is -1.25. The molecular weight excluding hydrogens is 516 g/mol. The number of unbranched alkanes of at least 4 members (excludes halogenated alkanes) is 2. The number of carbonyl (C=O) groups excluding carboxylic acids is 3. The number of aryl methyl sites for hydroxylation is 2. The molecule has 9 nitrogen and oxygen atoms in total. The summed E-state index contributed by atoms with van der Waals surface area (Å²) in [5.74, 6) is -2.21. The summed E-state index contributed by atoms with van der Waals surface area (Å²) >= 11 is 0. The summed E-state index contributed by atoms with van der Waals surface area (Å²) in [4.78, 5) is 57.3. The first kappa shape index (κ1) is 32.8. The van der Waals surface area contributed by atoms with Gasteiger partial charge in [-0.1, -0.05) is 78.6 Å². The molecule has 2 aromatic rings. The van der Waals surface area contributed by atoms with Gasteiger partial charge in [0.1, 0.15) is 0 Å². The van der Waals surface area contributed by atoms with Crippen LogP contribution in [-0.2, 0) is 41.9 Å². The molecule has 0 fully saturated rings. The Labute approximate surface area is 236 Å². The minimum Gasteiger partial charge on any atom is -0.400 e. The monoisotopic (exact) mass is 558 g/mol. The Bertz CT molecular complexity index is 962. The van der Waals surface area contributed by atoms with E-state index >= 15 is 0 Å². The molecule has 40 heavy (non-hydrogen) atoms. The van der Waals surface area contributed by atoms with Crippen LogP contribution in [0.1, 0.15) is 99.1 Å². The molecule has 2 rings (SSSR count). The first-order valence-corrected chi connectivity index (χ1v) is 13.9. The molecule has 9 heteroatoms. The Morgan fingerprint density at radius 3 is 1.25 bits per heavy atom. The average Bonchev–Trinajstić information content (AvgIpc) is 2.95. The van der Waals surface area contributed by atoms with Gasteiger partial charge in [0.05, 0.1) is 11.1 Å². The van der Waals surface area contributed by atoms with Crippen molar-refractivity contribution in [1.82, 2.24) is 0 Å². The highest BCUT2D eigenvalue weighted by molar-refractivity contribution is 5.89. The first-order valence-electron chi connectivity index (χ1n) is 13.9. The van der Waals surface area contributed by atoms with Crippen LogP contribution >= 0.6 is 0 Å².